The zero-order chi connectivity index (χ0) is 22.7. The fourth-order valence-corrected chi connectivity index (χ4v) is 5.04. The Hall–Kier alpha value is -2.39. The summed E-state index contributed by atoms with van der Waals surface area (Å²) in [6.07, 6.45) is 0. The first-order valence-electron chi connectivity index (χ1n) is 9.54. The van der Waals surface area contributed by atoms with Crippen molar-refractivity contribution in [1.82, 2.24) is 20.1 Å². The molecule has 5 nitrogen and oxygen atoms in total. The summed E-state index contributed by atoms with van der Waals surface area (Å²) < 4.78 is 15.0. The van der Waals surface area contributed by atoms with Crippen LogP contribution in [0.1, 0.15) is 34.0 Å². The van der Waals surface area contributed by atoms with Gasteiger partial charge in [-0.25, -0.2) is 4.39 Å². The number of thioether (sulfide) groups is 1. The summed E-state index contributed by atoms with van der Waals surface area (Å²) in [5.74, 6) is 0.609. The Morgan fingerprint density at radius 1 is 1.19 bits per heavy atom. The molecule has 4 rings (SSSR count). The van der Waals surface area contributed by atoms with Crippen LogP contribution in [0, 0.1) is 5.82 Å². The number of halogens is 3. The Morgan fingerprint density at radius 2 is 1.97 bits per heavy atom. The van der Waals surface area contributed by atoms with Crippen LogP contribution in [0.25, 0.3) is 5.69 Å². The molecular formula is C22H17Cl2FN4OS2. The second-order valence-electron chi connectivity index (χ2n) is 6.86. The van der Waals surface area contributed by atoms with Crippen LogP contribution in [-0.2, 0) is 5.75 Å². The smallest absolute Gasteiger partial charge is 0.261 e. The molecule has 164 valence electrons. The number of rotatable bonds is 7. The number of nitrogens with one attached hydrogen (secondary N) is 1. The number of thiophene rings is 1. The van der Waals surface area contributed by atoms with E-state index in [-0.39, 0.29) is 11.7 Å². The highest BCUT2D eigenvalue weighted by atomic mass is 35.5. The van der Waals surface area contributed by atoms with Crippen LogP contribution in [0.2, 0.25) is 10.0 Å². The van der Waals surface area contributed by atoms with Gasteiger partial charge in [-0.05, 0) is 54.3 Å². The van der Waals surface area contributed by atoms with Crippen LogP contribution < -0.4 is 5.32 Å². The zero-order valence-electron chi connectivity index (χ0n) is 16.8. The monoisotopic (exact) mass is 506 g/mol. The van der Waals surface area contributed by atoms with Crippen molar-refractivity contribution in [1.29, 1.82) is 0 Å². The van der Waals surface area contributed by atoms with E-state index in [9.17, 15) is 9.18 Å². The summed E-state index contributed by atoms with van der Waals surface area (Å²) in [5, 5.41) is 15.0. The molecular weight excluding hydrogens is 490 g/mol. The molecule has 4 aromatic rings. The first kappa shape index (κ1) is 22.8. The van der Waals surface area contributed by atoms with Gasteiger partial charge >= 0.3 is 0 Å². The van der Waals surface area contributed by atoms with E-state index in [0.29, 0.717) is 37.3 Å². The first-order chi connectivity index (χ1) is 15.4. The molecule has 0 saturated carbocycles. The van der Waals surface area contributed by atoms with Gasteiger partial charge in [0.2, 0.25) is 0 Å². The molecule has 2 heterocycles. The van der Waals surface area contributed by atoms with Crippen LogP contribution in [-0.4, -0.2) is 20.7 Å². The quantitative estimate of drug-likeness (QED) is 0.288. The fraction of sp³-hybridized carbons (Fsp3) is 0.136. The van der Waals surface area contributed by atoms with Crippen LogP contribution in [0.4, 0.5) is 4.39 Å². The Morgan fingerprint density at radius 3 is 2.66 bits per heavy atom. The van der Waals surface area contributed by atoms with E-state index in [0.717, 1.165) is 5.56 Å². The minimum absolute atomic E-state index is 0.190. The maximum absolute atomic E-state index is 13.2. The van der Waals surface area contributed by atoms with E-state index in [1.807, 2.05) is 22.9 Å². The van der Waals surface area contributed by atoms with Crippen molar-refractivity contribution in [3.05, 3.63) is 92.1 Å². The topological polar surface area (TPSA) is 59.8 Å². The summed E-state index contributed by atoms with van der Waals surface area (Å²) in [7, 11) is 0. The molecule has 1 unspecified atom stereocenters. The maximum atomic E-state index is 13.2. The summed E-state index contributed by atoms with van der Waals surface area (Å²) in [4.78, 5) is 13.2. The Bertz CT molecular complexity index is 1230. The third-order valence-electron chi connectivity index (χ3n) is 4.57. The van der Waals surface area contributed by atoms with Gasteiger partial charge in [-0.1, -0.05) is 53.2 Å². The molecule has 0 radical (unpaired) electrons. The van der Waals surface area contributed by atoms with E-state index in [1.54, 1.807) is 36.4 Å². The van der Waals surface area contributed by atoms with Crippen molar-refractivity contribution in [2.45, 2.75) is 23.9 Å². The second-order valence-corrected chi connectivity index (χ2v) is 9.59. The average molecular weight is 507 g/mol. The lowest BCUT2D eigenvalue weighted by molar-refractivity contribution is 0.0942. The van der Waals surface area contributed by atoms with Crippen molar-refractivity contribution in [2.24, 2.45) is 0 Å². The second kappa shape index (κ2) is 10.0. The SMILES string of the molecule is CC(NC(=O)c1cccs1)c1nnc(SCc2ccc(F)cc2)n1-c1ccc(Cl)cc1Cl. The summed E-state index contributed by atoms with van der Waals surface area (Å²) in [5.41, 5.74) is 1.59. The number of hydrogen-bond donors (Lipinski definition) is 1. The number of amides is 1. The van der Waals surface area contributed by atoms with E-state index < -0.39 is 6.04 Å². The van der Waals surface area contributed by atoms with Crippen LogP contribution in [0.15, 0.2) is 65.1 Å². The first-order valence-corrected chi connectivity index (χ1v) is 12.2. The third-order valence-corrected chi connectivity index (χ3v) is 6.98. The average Bonchev–Trinajstić information content (AvgIpc) is 3.44. The van der Waals surface area contributed by atoms with Gasteiger partial charge in [0.25, 0.3) is 5.91 Å². The van der Waals surface area contributed by atoms with Gasteiger partial charge in [0, 0.05) is 10.8 Å². The van der Waals surface area contributed by atoms with Crippen LogP contribution >= 0.6 is 46.3 Å². The molecule has 1 N–H and O–H groups in total. The van der Waals surface area contributed by atoms with Gasteiger partial charge in [-0.3, -0.25) is 9.36 Å². The number of benzene rings is 2. The number of carbonyl (C=O) groups excluding carboxylic acids is 1. The molecule has 10 heteroatoms. The number of aromatic nitrogens is 3. The highest BCUT2D eigenvalue weighted by molar-refractivity contribution is 7.98. The van der Waals surface area contributed by atoms with Gasteiger partial charge in [0.1, 0.15) is 5.82 Å². The van der Waals surface area contributed by atoms with Crippen molar-refractivity contribution in [3.63, 3.8) is 0 Å². The fourth-order valence-electron chi connectivity index (χ4n) is 3.01. The predicted octanol–water partition coefficient (Wildman–Crippen LogP) is 6.56. The van der Waals surface area contributed by atoms with Gasteiger partial charge in [0.15, 0.2) is 11.0 Å². The predicted molar refractivity (Wildman–Crippen MR) is 128 cm³/mol. The molecule has 1 atom stereocenters. The van der Waals surface area contributed by atoms with Crippen LogP contribution in [0.3, 0.4) is 0 Å². The van der Waals surface area contributed by atoms with Crippen molar-refractivity contribution in [2.75, 3.05) is 0 Å². The molecule has 0 spiro atoms. The molecule has 0 bridgehead atoms. The molecule has 0 saturated heterocycles. The van der Waals surface area contributed by atoms with Crippen molar-refractivity contribution in [3.8, 4) is 5.69 Å². The number of nitrogens with zero attached hydrogens (tertiary/aromatic N) is 3. The normalized spacial score (nSPS) is 12.0. The molecule has 1 amide bonds. The minimum atomic E-state index is -0.441. The molecule has 0 aliphatic rings. The highest BCUT2D eigenvalue weighted by Crippen LogP contribution is 2.32. The highest BCUT2D eigenvalue weighted by Gasteiger charge is 2.23. The molecule has 0 aliphatic heterocycles. The summed E-state index contributed by atoms with van der Waals surface area (Å²) >= 11 is 15.4. The molecule has 2 aromatic heterocycles. The van der Waals surface area contributed by atoms with Gasteiger partial charge in [-0.2, -0.15) is 0 Å². The zero-order valence-corrected chi connectivity index (χ0v) is 19.9. The Balaban J connectivity index is 1.66. The summed E-state index contributed by atoms with van der Waals surface area (Å²) in [6.45, 7) is 1.84. The summed E-state index contributed by atoms with van der Waals surface area (Å²) in [6, 6.07) is 14.6. The minimum Gasteiger partial charge on any atom is -0.342 e. The lowest BCUT2D eigenvalue weighted by Gasteiger charge is -2.17. The van der Waals surface area contributed by atoms with E-state index in [1.165, 1.54) is 35.2 Å². The van der Waals surface area contributed by atoms with Gasteiger partial charge in [0.05, 0.1) is 21.6 Å². The van der Waals surface area contributed by atoms with Crippen LogP contribution in [0.5, 0.6) is 0 Å². The Kier molecular flexibility index (Phi) is 7.15. The van der Waals surface area contributed by atoms with E-state index >= 15 is 0 Å². The van der Waals surface area contributed by atoms with E-state index in [4.69, 9.17) is 23.2 Å². The molecule has 32 heavy (non-hydrogen) atoms. The maximum Gasteiger partial charge on any atom is 0.261 e. The third kappa shape index (κ3) is 5.15. The molecule has 2 aromatic carbocycles. The lowest BCUT2D eigenvalue weighted by atomic mass is 10.2. The number of hydrogen-bond acceptors (Lipinski definition) is 5. The molecule has 0 aliphatic carbocycles. The van der Waals surface area contributed by atoms with Crippen molar-refractivity contribution >= 4 is 52.2 Å². The Labute approximate surface area is 202 Å². The van der Waals surface area contributed by atoms with Gasteiger partial charge in [-0.15, -0.1) is 21.5 Å². The largest absolute Gasteiger partial charge is 0.342 e. The standard InChI is InChI=1S/C22H17Cl2FN4OS2/c1-13(26-21(30)19-3-2-10-31-19)20-27-28-22(32-12-14-4-7-16(25)8-5-14)29(20)18-9-6-15(23)11-17(18)24/h2-11,13H,12H2,1H3,(H,26,30). The van der Waals surface area contributed by atoms with Crippen molar-refractivity contribution < 1.29 is 9.18 Å². The molecule has 0 fully saturated rings. The van der Waals surface area contributed by atoms with Gasteiger partial charge < -0.3 is 5.32 Å². The van der Waals surface area contributed by atoms with E-state index in [2.05, 4.69) is 15.5 Å². The lowest BCUT2D eigenvalue weighted by Crippen LogP contribution is -2.28. The number of carbonyl (C=O) groups is 1.